The van der Waals surface area contributed by atoms with Gasteiger partial charge in [0, 0.05) is 11.8 Å². The van der Waals surface area contributed by atoms with Crippen LogP contribution in [0.25, 0.3) is 77.2 Å². The molecule has 202 valence electrons. The van der Waals surface area contributed by atoms with Gasteiger partial charge in [-0.05, 0) is 97.9 Å². The third kappa shape index (κ3) is 4.45. The summed E-state index contributed by atoms with van der Waals surface area (Å²) >= 11 is 0. The Kier molecular flexibility index (Phi) is 6.05. The molecule has 0 aliphatic rings. The second-order valence-electron chi connectivity index (χ2n) is 11.1. The Labute approximate surface area is 251 Å². The molecule has 0 unspecified atom stereocenters. The van der Waals surface area contributed by atoms with Crippen LogP contribution in [0.2, 0.25) is 0 Å². The highest BCUT2D eigenvalue weighted by Crippen LogP contribution is 2.44. The summed E-state index contributed by atoms with van der Waals surface area (Å²) in [5.74, 6) is 0. The second-order valence-corrected chi connectivity index (χ2v) is 11.1. The average Bonchev–Trinajstić information content (AvgIpc) is 3.07. The molecular weight excluding hydrogens is 520 g/mol. The van der Waals surface area contributed by atoms with Crippen molar-refractivity contribution in [2.75, 3.05) is 0 Å². The van der Waals surface area contributed by atoms with E-state index in [9.17, 15) is 0 Å². The van der Waals surface area contributed by atoms with Crippen molar-refractivity contribution in [2.45, 2.75) is 6.92 Å². The van der Waals surface area contributed by atoms with Crippen molar-refractivity contribution in [3.8, 4) is 44.9 Å². The highest BCUT2D eigenvalue weighted by atomic mass is 14.8. The standard InChI is InChI=1S/C41H28N2/c1-27-16-18-29(19-17-27)40-33-9-2-4-11-35(33)41(36-12-5-3-10-34(36)40)31-23-21-28-20-22-30(25-32(28)26-31)37-14-8-15-39(43-37)38-13-6-7-24-42-38/h2-26H,1H3. The number of rotatable bonds is 4. The van der Waals surface area contributed by atoms with Gasteiger partial charge in [-0.1, -0.05) is 115 Å². The number of pyridine rings is 2. The van der Waals surface area contributed by atoms with Crippen LogP contribution in [0.1, 0.15) is 5.56 Å². The van der Waals surface area contributed by atoms with Crippen LogP contribution < -0.4 is 0 Å². The Morgan fingerprint density at radius 1 is 0.395 bits per heavy atom. The Bertz CT molecular complexity index is 2230. The first-order valence-corrected chi connectivity index (χ1v) is 14.7. The predicted octanol–water partition coefficient (Wildman–Crippen LogP) is 10.9. The van der Waals surface area contributed by atoms with Crippen molar-refractivity contribution >= 4 is 32.3 Å². The molecule has 0 saturated carbocycles. The molecule has 2 nitrogen and oxygen atoms in total. The maximum absolute atomic E-state index is 4.96. The first kappa shape index (κ1) is 25.1. The zero-order valence-corrected chi connectivity index (χ0v) is 23.8. The topological polar surface area (TPSA) is 25.8 Å². The Morgan fingerprint density at radius 3 is 1.58 bits per heavy atom. The Morgan fingerprint density at radius 2 is 0.930 bits per heavy atom. The summed E-state index contributed by atoms with van der Waals surface area (Å²) in [5.41, 5.74) is 10.1. The van der Waals surface area contributed by atoms with Gasteiger partial charge in [0.15, 0.2) is 0 Å². The van der Waals surface area contributed by atoms with E-state index in [0.717, 1.165) is 22.6 Å². The van der Waals surface area contributed by atoms with E-state index in [1.54, 1.807) is 0 Å². The number of hydrogen-bond acceptors (Lipinski definition) is 2. The van der Waals surface area contributed by atoms with E-state index in [1.165, 1.54) is 60.1 Å². The lowest BCUT2D eigenvalue weighted by Gasteiger charge is -2.18. The zero-order valence-electron chi connectivity index (χ0n) is 23.8. The molecule has 0 aliphatic heterocycles. The molecule has 0 spiro atoms. The fourth-order valence-corrected chi connectivity index (χ4v) is 6.28. The van der Waals surface area contributed by atoms with Gasteiger partial charge in [0.05, 0.1) is 17.1 Å². The van der Waals surface area contributed by atoms with Crippen LogP contribution >= 0.6 is 0 Å². The van der Waals surface area contributed by atoms with Crippen LogP contribution in [-0.4, -0.2) is 9.97 Å². The highest BCUT2D eigenvalue weighted by molar-refractivity contribution is 6.21. The van der Waals surface area contributed by atoms with Gasteiger partial charge in [-0.2, -0.15) is 0 Å². The third-order valence-corrected chi connectivity index (χ3v) is 8.37. The van der Waals surface area contributed by atoms with E-state index >= 15 is 0 Å². The molecule has 0 atom stereocenters. The van der Waals surface area contributed by atoms with Crippen molar-refractivity contribution in [1.29, 1.82) is 0 Å². The van der Waals surface area contributed by atoms with E-state index in [-0.39, 0.29) is 0 Å². The summed E-state index contributed by atoms with van der Waals surface area (Å²) < 4.78 is 0. The van der Waals surface area contributed by atoms with Gasteiger partial charge >= 0.3 is 0 Å². The molecule has 8 rings (SSSR count). The normalized spacial score (nSPS) is 11.4. The molecule has 8 aromatic rings. The second kappa shape index (κ2) is 10.3. The summed E-state index contributed by atoms with van der Waals surface area (Å²) in [6.07, 6.45) is 1.81. The minimum Gasteiger partial charge on any atom is -0.255 e. The molecule has 2 heteroatoms. The van der Waals surface area contributed by atoms with Gasteiger partial charge in [-0.25, -0.2) is 4.98 Å². The minimum absolute atomic E-state index is 0.874. The summed E-state index contributed by atoms with van der Waals surface area (Å²) in [6, 6.07) is 52.1. The van der Waals surface area contributed by atoms with E-state index in [4.69, 9.17) is 4.98 Å². The minimum atomic E-state index is 0.874. The lowest BCUT2D eigenvalue weighted by molar-refractivity contribution is 1.25. The summed E-state index contributed by atoms with van der Waals surface area (Å²) in [6.45, 7) is 2.14. The maximum Gasteiger partial charge on any atom is 0.0893 e. The Balaban J connectivity index is 1.32. The predicted molar refractivity (Wildman–Crippen MR) is 181 cm³/mol. The highest BCUT2D eigenvalue weighted by Gasteiger charge is 2.17. The van der Waals surface area contributed by atoms with E-state index in [2.05, 4.69) is 133 Å². The zero-order chi connectivity index (χ0) is 28.8. The van der Waals surface area contributed by atoms with E-state index in [0.29, 0.717) is 0 Å². The first-order chi connectivity index (χ1) is 21.2. The molecule has 2 aromatic heterocycles. The molecule has 0 N–H and O–H groups in total. The molecule has 0 saturated heterocycles. The van der Waals surface area contributed by atoms with Crippen LogP contribution in [0.4, 0.5) is 0 Å². The average molecular weight is 549 g/mol. The van der Waals surface area contributed by atoms with Crippen LogP contribution in [0.3, 0.4) is 0 Å². The van der Waals surface area contributed by atoms with Gasteiger partial charge in [0.25, 0.3) is 0 Å². The number of hydrogen-bond donors (Lipinski definition) is 0. The molecule has 43 heavy (non-hydrogen) atoms. The van der Waals surface area contributed by atoms with Gasteiger partial charge in [0.2, 0.25) is 0 Å². The van der Waals surface area contributed by atoms with Crippen molar-refractivity contribution in [1.82, 2.24) is 9.97 Å². The van der Waals surface area contributed by atoms with Gasteiger partial charge in [-0.3, -0.25) is 4.98 Å². The fourth-order valence-electron chi connectivity index (χ4n) is 6.28. The van der Waals surface area contributed by atoms with Gasteiger partial charge < -0.3 is 0 Å². The largest absolute Gasteiger partial charge is 0.255 e. The van der Waals surface area contributed by atoms with Crippen molar-refractivity contribution in [2.24, 2.45) is 0 Å². The smallest absolute Gasteiger partial charge is 0.0893 e. The molecule has 6 aromatic carbocycles. The van der Waals surface area contributed by atoms with Crippen LogP contribution in [0.5, 0.6) is 0 Å². The molecule has 0 fully saturated rings. The number of aryl methyl sites for hydroxylation is 1. The molecule has 2 heterocycles. The van der Waals surface area contributed by atoms with E-state index < -0.39 is 0 Å². The number of benzene rings is 6. The molecular formula is C41H28N2. The number of nitrogens with zero attached hydrogens (tertiary/aromatic N) is 2. The van der Waals surface area contributed by atoms with Gasteiger partial charge in [0.1, 0.15) is 0 Å². The first-order valence-electron chi connectivity index (χ1n) is 14.7. The molecule has 0 radical (unpaired) electrons. The van der Waals surface area contributed by atoms with Crippen molar-refractivity contribution < 1.29 is 0 Å². The number of fused-ring (bicyclic) bond motifs is 3. The monoisotopic (exact) mass is 548 g/mol. The maximum atomic E-state index is 4.96. The molecule has 0 bridgehead atoms. The molecule has 0 amide bonds. The van der Waals surface area contributed by atoms with Crippen LogP contribution in [0.15, 0.2) is 152 Å². The lowest BCUT2D eigenvalue weighted by Crippen LogP contribution is -1.91. The van der Waals surface area contributed by atoms with E-state index in [1.807, 2.05) is 30.5 Å². The molecule has 0 aliphatic carbocycles. The third-order valence-electron chi connectivity index (χ3n) is 8.37. The van der Waals surface area contributed by atoms with Crippen LogP contribution in [0, 0.1) is 6.92 Å². The fraction of sp³-hybridized carbons (Fsp3) is 0.0244. The SMILES string of the molecule is Cc1ccc(-c2c3ccccc3c(-c3ccc4ccc(-c5cccc(-c6ccccn6)n5)cc4c3)c3ccccc23)cc1. The summed E-state index contributed by atoms with van der Waals surface area (Å²) in [5, 5.41) is 7.46. The van der Waals surface area contributed by atoms with Gasteiger partial charge in [-0.15, -0.1) is 0 Å². The van der Waals surface area contributed by atoms with Crippen molar-refractivity contribution in [3.63, 3.8) is 0 Å². The number of aromatic nitrogens is 2. The Hall–Kier alpha value is -5.60. The summed E-state index contributed by atoms with van der Waals surface area (Å²) in [4.78, 5) is 9.46. The quantitative estimate of drug-likeness (QED) is 0.204. The van der Waals surface area contributed by atoms with Crippen molar-refractivity contribution in [3.05, 3.63) is 157 Å². The van der Waals surface area contributed by atoms with Crippen LogP contribution in [-0.2, 0) is 0 Å². The lowest BCUT2D eigenvalue weighted by atomic mass is 9.85. The summed E-state index contributed by atoms with van der Waals surface area (Å²) in [7, 11) is 0.